The summed E-state index contributed by atoms with van der Waals surface area (Å²) in [4.78, 5) is 0. The third-order valence-corrected chi connectivity index (χ3v) is 5.11. The molecule has 0 aromatic rings. The van der Waals surface area contributed by atoms with Crippen LogP contribution in [0, 0.1) is 0 Å². The maximum atomic E-state index is 11.1. The van der Waals surface area contributed by atoms with E-state index in [9.17, 15) is 8.42 Å². The molecular formula is C10H18O2S2. The van der Waals surface area contributed by atoms with Gasteiger partial charge in [-0.1, -0.05) is 32.3 Å². The van der Waals surface area contributed by atoms with Gasteiger partial charge in [-0.15, -0.1) is 0 Å². The third kappa shape index (κ3) is 4.51. The molecule has 82 valence electrons. The first-order valence-corrected chi connectivity index (χ1v) is 7.93. The van der Waals surface area contributed by atoms with E-state index in [0.29, 0.717) is 5.75 Å². The lowest BCUT2D eigenvalue weighted by Gasteiger charge is -2.05. The Morgan fingerprint density at radius 2 is 2.14 bits per heavy atom. The molecule has 1 aliphatic rings. The van der Waals surface area contributed by atoms with Crippen molar-refractivity contribution in [2.75, 3.05) is 11.5 Å². The van der Waals surface area contributed by atoms with Gasteiger partial charge in [-0.05, 0) is 12.2 Å². The van der Waals surface area contributed by atoms with E-state index >= 15 is 0 Å². The highest BCUT2D eigenvalue weighted by Crippen LogP contribution is 2.22. The van der Waals surface area contributed by atoms with Gasteiger partial charge in [0.05, 0.1) is 5.75 Å². The topological polar surface area (TPSA) is 34.1 Å². The highest BCUT2D eigenvalue weighted by atomic mass is 32.2. The molecule has 0 aromatic heterocycles. The number of hydrogen-bond acceptors (Lipinski definition) is 3. The average molecular weight is 234 g/mol. The Balaban J connectivity index is 2.07. The van der Waals surface area contributed by atoms with Gasteiger partial charge in [0, 0.05) is 10.7 Å². The normalized spacial score (nSPS) is 24.2. The first-order valence-electron chi connectivity index (χ1n) is 5.16. The van der Waals surface area contributed by atoms with Crippen LogP contribution >= 0.6 is 11.8 Å². The van der Waals surface area contributed by atoms with Crippen LogP contribution in [-0.2, 0) is 9.84 Å². The van der Waals surface area contributed by atoms with Gasteiger partial charge in [0.15, 0.2) is 9.84 Å². The Hall–Kier alpha value is 0.0400. The molecule has 0 spiro atoms. The second-order valence-electron chi connectivity index (χ2n) is 3.63. The van der Waals surface area contributed by atoms with E-state index in [1.54, 1.807) is 11.8 Å². The molecule has 4 heteroatoms. The monoisotopic (exact) mass is 234 g/mol. The lowest BCUT2D eigenvalue weighted by atomic mass is 10.2. The SMILES string of the molecule is CCCCCCS[C@@H]1C=CS(=O)(=O)C1. The summed E-state index contributed by atoms with van der Waals surface area (Å²) < 4.78 is 22.2. The minimum Gasteiger partial charge on any atom is -0.224 e. The standard InChI is InChI=1S/C10H18O2S2/c1-2-3-4-5-7-13-10-6-8-14(11,12)9-10/h6,8,10H,2-5,7,9H2,1H3/t10-/m1/s1. The number of rotatable bonds is 6. The third-order valence-electron chi connectivity index (χ3n) is 2.23. The molecule has 14 heavy (non-hydrogen) atoms. The van der Waals surface area contributed by atoms with E-state index in [4.69, 9.17) is 0 Å². The first-order chi connectivity index (χ1) is 6.64. The van der Waals surface area contributed by atoms with Gasteiger partial charge in [-0.3, -0.25) is 0 Å². The molecule has 0 aromatic carbocycles. The average Bonchev–Trinajstić information content (AvgIpc) is 2.45. The fourth-order valence-electron chi connectivity index (χ4n) is 1.41. The van der Waals surface area contributed by atoms with Crippen LogP contribution in [0.5, 0.6) is 0 Å². The van der Waals surface area contributed by atoms with Crippen LogP contribution in [0.25, 0.3) is 0 Å². The molecule has 0 unspecified atom stereocenters. The summed E-state index contributed by atoms with van der Waals surface area (Å²) in [5, 5.41) is 1.57. The second-order valence-corrected chi connectivity index (χ2v) is 6.91. The Morgan fingerprint density at radius 3 is 2.71 bits per heavy atom. The van der Waals surface area contributed by atoms with Crippen LogP contribution in [0.3, 0.4) is 0 Å². The van der Waals surface area contributed by atoms with Crippen molar-refractivity contribution in [2.24, 2.45) is 0 Å². The maximum Gasteiger partial charge on any atom is 0.172 e. The molecule has 2 nitrogen and oxygen atoms in total. The summed E-state index contributed by atoms with van der Waals surface area (Å²) in [6, 6.07) is 0. The van der Waals surface area contributed by atoms with Crippen molar-refractivity contribution in [3.8, 4) is 0 Å². The summed E-state index contributed by atoms with van der Waals surface area (Å²) in [5.41, 5.74) is 0. The van der Waals surface area contributed by atoms with E-state index in [0.717, 1.165) is 5.75 Å². The van der Waals surface area contributed by atoms with Crippen molar-refractivity contribution in [2.45, 2.75) is 37.9 Å². The van der Waals surface area contributed by atoms with E-state index in [2.05, 4.69) is 6.92 Å². The van der Waals surface area contributed by atoms with E-state index in [1.165, 1.54) is 31.1 Å². The van der Waals surface area contributed by atoms with Crippen LogP contribution in [0.2, 0.25) is 0 Å². The largest absolute Gasteiger partial charge is 0.224 e. The van der Waals surface area contributed by atoms with Crippen molar-refractivity contribution < 1.29 is 8.42 Å². The molecule has 0 aliphatic carbocycles. The van der Waals surface area contributed by atoms with Gasteiger partial charge >= 0.3 is 0 Å². The molecule has 0 N–H and O–H groups in total. The molecule has 1 heterocycles. The number of sulfone groups is 1. The van der Waals surface area contributed by atoms with Gasteiger partial charge in [0.1, 0.15) is 0 Å². The molecule has 0 saturated heterocycles. The van der Waals surface area contributed by atoms with Crippen molar-refractivity contribution in [1.29, 1.82) is 0 Å². The molecule has 1 rings (SSSR count). The van der Waals surface area contributed by atoms with Crippen molar-refractivity contribution >= 4 is 21.6 Å². The summed E-state index contributed by atoms with van der Waals surface area (Å²) in [6.45, 7) is 2.19. The van der Waals surface area contributed by atoms with E-state index in [-0.39, 0.29) is 5.25 Å². The van der Waals surface area contributed by atoms with Crippen molar-refractivity contribution in [3.05, 3.63) is 11.5 Å². The molecule has 0 radical (unpaired) electrons. The fourth-order valence-corrected chi connectivity index (χ4v) is 4.44. The maximum absolute atomic E-state index is 11.1. The van der Waals surface area contributed by atoms with Gasteiger partial charge in [-0.25, -0.2) is 8.42 Å². The van der Waals surface area contributed by atoms with Gasteiger partial charge < -0.3 is 0 Å². The quantitative estimate of drug-likeness (QED) is 0.663. The Labute approximate surface area is 91.1 Å². The molecule has 0 bridgehead atoms. The van der Waals surface area contributed by atoms with Gasteiger partial charge in [0.25, 0.3) is 0 Å². The summed E-state index contributed by atoms with van der Waals surface area (Å²) in [6.07, 6.45) is 6.84. The Morgan fingerprint density at radius 1 is 1.36 bits per heavy atom. The smallest absolute Gasteiger partial charge is 0.172 e. The molecule has 1 atom stereocenters. The second kappa shape index (κ2) is 5.81. The minimum absolute atomic E-state index is 0.210. The van der Waals surface area contributed by atoms with Crippen molar-refractivity contribution in [1.82, 2.24) is 0 Å². The van der Waals surface area contributed by atoms with Crippen LogP contribution in [0.15, 0.2) is 11.5 Å². The molecule has 1 aliphatic heterocycles. The highest BCUT2D eigenvalue weighted by Gasteiger charge is 2.21. The number of thioether (sulfide) groups is 1. The van der Waals surface area contributed by atoms with Crippen LogP contribution in [0.4, 0.5) is 0 Å². The summed E-state index contributed by atoms with van der Waals surface area (Å²) in [5.74, 6) is 1.40. The lowest BCUT2D eigenvalue weighted by molar-refractivity contribution is 0.606. The van der Waals surface area contributed by atoms with Crippen LogP contribution in [-0.4, -0.2) is 25.2 Å². The van der Waals surface area contributed by atoms with Gasteiger partial charge in [-0.2, -0.15) is 11.8 Å². The molecule has 0 fully saturated rings. The zero-order chi connectivity index (χ0) is 10.4. The number of hydrogen-bond donors (Lipinski definition) is 0. The Bertz CT molecular complexity index is 280. The lowest BCUT2D eigenvalue weighted by Crippen LogP contribution is -2.07. The number of unbranched alkanes of at least 4 members (excludes halogenated alkanes) is 3. The van der Waals surface area contributed by atoms with Crippen molar-refractivity contribution in [3.63, 3.8) is 0 Å². The molecule has 0 saturated carbocycles. The predicted octanol–water partition coefficient (Wildman–Crippen LogP) is 2.61. The first kappa shape index (κ1) is 12.1. The van der Waals surface area contributed by atoms with Crippen LogP contribution in [0.1, 0.15) is 32.6 Å². The molecular weight excluding hydrogens is 216 g/mol. The van der Waals surface area contributed by atoms with E-state index in [1.807, 2.05) is 6.08 Å². The zero-order valence-electron chi connectivity index (χ0n) is 8.61. The zero-order valence-corrected chi connectivity index (χ0v) is 10.2. The van der Waals surface area contributed by atoms with E-state index < -0.39 is 9.84 Å². The fraction of sp³-hybridized carbons (Fsp3) is 0.800. The Kier molecular flexibility index (Phi) is 5.02. The molecule has 0 amide bonds. The minimum atomic E-state index is -2.84. The summed E-state index contributed by atoms with van der Waals surface area (Å²) >= 11 is 1.77. The highest BCUT2D eigenvalue weighted by molar-refractivity contribution is 8.02. The van der Waals surface area contributed by atoms with Crippen LogP contribution < -0.4 is 0 Å². The van der Waals surface area contributed by atoms with Gasteiger partial charge in [0.2, 0.25) is 0 Å². The predicted molar refractivity (Wildman–Crippen MR) is 63.3 cm³/mol. The summed E-state index contributed by atoms with van der Waals surface area (Å²) in [7, 11) is -2.84.